The molecule has 4 nitrogen and oxygen atoms in total. The third-order valence-electron chi connectivity index (χ3n) is 3.34. The summed E-state index contributed by atoms with van der Waals surface area (Å²) >= 11 is 4.97. The molecule has 0 aliphatic carbocycles. The summed E-state index contributed by atoms with van der Waals surface area (Å²) in [5, 5.41) is 0. The molecule has 1 aliphatic rings. The van der Waals surface area contributed by atoms with Gasteiger partial charge in [0.25, 0.3) is 0 Å². The van der Waals surface area contributed by atoms with E-state index in [0.717, 1.165) is 21.5 Å². The van der Waals surface area contributed by atoms with E-state index in [1.54, 1.807) is 29.2 Å². The number of hydrogen-bond donors (Lipinski definition) is 0. The highest BCUT2D eigenvalue weighted by Gasteiger charge is 2.28. The predicted octanol–water partition coefficient (Wildman–Crippen LogP) is 3.33. The summed E-state index contributed by atoms with van der Waals surface area (Å²) in [6.07, 6.45) is 5.02. The zero-order chi connectivity index (χ0) is 15.2. The normalized spacial score (nSPS) is 19.0. The van der Waals surface area contributed by atoms with Gasteiger partial charge in [0.1, 0.15) is 0 Å². The van der Waals surface area contributed by atoms with E-state index < -0.39 is 0 Å². The molecule has 0 aromatic carbocycles. The Kier molecular flexibility index (Phi) is 5.99. The van der Waals surface area contributed by atoms with Crippen molar-refractivity contribution in [2.45, 2.75) is 19.8 Å². The van der Waals surface area contributed by atoms with Gasteiger partial charge in [-0.1, -0.05) is 0 Å². The Morgan fingerprint density at radius 2 is 2.33 bits per heavy atom. The van der Waals surface area contributed by atoms with Gasteiger partial charge in [-0.25, -0.2) is 0 Å². The summed E-state index contributed by atoms with van der Waals surface area (Å²) in [6, 6.07) is 3.91. The monoisotopic (exact) mass is 371 g/mol. The van der Waals surface area contributed by atoms with Crippen molar-refractivity contribution in [3.8, 4) is 0 Å². The molecule has 1 unspecified atom stereocenters. The molecule has 2 heterocycles. The molecule has 1 saturated heterocycles. The lowest BCUT2D eigenvalue weighted by Crippen LogP contribution is -2.42. The minimum Gasteiger partial charge on any atom is -0.466 e. The number of nitrogens with zero attached hydrogens (tertiary/aromatic N) is 1. The number of amides is 1. The van der Waals surface area contributed by atoms with Crippen LogP contribution in [0.2, 0.25) is 0 Å². The van der Waals surface area contributed by atoms with Gasteiger partial charge in [-0.15, -0.1) is 11.3 Å². The molecule has 1 atom stereocenters. The molecule has 1 aromatic heterocycles. The number of esters is 1. The Balaban J connectivity index is 1.92. The molecule has 0 radical (unpaired) electrons. The quantitative estimate of drug-likeness (QED) is 0.602. The summed E-state index contributed by atoms with van der Waals surface area (Å²) in [5.41, 5.74) is 0. The van der Waals surface area contributed by atoms with E-state index in [4.69, 9.17) is 4.74 Å². The molecular weight excluding hydrogens is 354 g/mol. The Bertz CT molecular complexity index is 541. The lowest BCUT2D eigenvalue weighted by Gasteiger charge is -2.30. The Hall–Kier alpha value is -1.14. The zero-order valence-corrected chi connectivity index (χ0v) is 14.3. The van der Waals surface area contributed by atoms with E-state index in [0.29, 0.717) is 19.7 Å². The minimum absolute atomic E-state index is 0.0477. The molecule has 2 rings (SSSR count). The Morgan fingerprint density at radius 3 is 3.00 bits per heavy atom. The number of rotatable bonds is 4. The number of thiophene rings is 1. The van der Waals surface area contributed by atoms with Crippen LogP contribution in [0.5, 0.6) is 0 Å². The van der Waals surface area contributed by atoms with Gasteiger partial charge in [-0.05, 0) is 53.9 Å². The fraction of sp³-hybridized carbons (Fsp3) is 0.467. The maximum Gasteiger partial charge on any atom is 0.310 e. The number of halogens is 1. The fourth-order valence-corrected chi connectivity index (χ4v) is 3.63. The third kappa shape index (κ3) is 4.68. The second-order valence-corrected chi connectivity index (χ2v) is 7.35. The SMILES string of the molecule is CCOC(=O)C1CCCN(C(=O)C=Cc2ccc(Br)s2)C1. The van der Waals surface area contributed by atoms with Crippen LogP contribution in [0.4, 0.5) is 0 Å². The largest absolute Gasteiger partial charge is 0.466 e. The number of likely N-dealkylation sites (tertiary alicyclic amines) is 1. The fourth-order valence-electron chi connectivity index (χ4n) is 2.31. The van der Waals surface area contributed by atoms with Crippen LogP contribution in [0.15, 0.2) is 22.0 Å². The number of carbonyl (C=O) groups is 2. The number of piperidine rings is 1. The van der Waals surface area contributed by atoms with Crippen molar-refractivity contribution in [1.29, 1.82) is 0 Å². The van der Waals surface area contributed by atoms with Crippen molar-refractivity contribution in [2.75, 3.05) is 19.7 Å². The van der Waals surface area contributed by atoms with Crippen LogP contribution in [-0.2, 0) is 14.3 Å². The molecule has 1 amide bonds. The first kappa shape index (κ1) is 16.2. The summed E-state index contributed by atoms with van der Waals surface area (Å²) < 4.78 is 6.08. The highest BCUT2D eigenvalue weighted by Crippen LogP contribution is 2.23. The van der Waals surface area contributed by atoms with Gasteiger partial charge < -0.3 is 9.64 Å². The van der Waals surface area contributed by atoms with Crippen molar-refractivity contribution in [3.63, 3.8) is 0 Å². The van der Waals surface area contributed by atoms with E-state index >= 15 is 0 Å². The average Bonchev–Trinajstić information content (AvgIpc) is 2.91. The summed E-state index contributed by atoms with van der Waals surface area (Å²) in [5.74, 6) is -0.429. The van der Waals surface area contributed by atoms with Crippen molar-refractivity contribution in [2.24, 2.45) is 5.92 Å². The maximum absolute atomic E-state index is 12.2. The smallest absolute Gasteiger partial charge is 0.310 e. The van der Waals surface area contributed by atoms with Gasteiger partial charge >= 0.3 is 5.97 Å². The molecule has 114 valence electrons. The summed E-state index contributed by atoms with van der Waals surface area (Å²) in [4.78, 5) is 26.7. The van der Waals surface area contributed by atoms with Crippen molar-refractivity contribution >= 4 is 45.2 Å². The van der Waals surface area contributed by atoms with Crippen molar-refractivity contribution in [3.05, 3.63) is 26.9 Å². The van der Waals surface area contributed by atoms with E-state index in [2.05, 4.69) is 15.9 Å². The molecule has 1 aliphatic heterocycles. The lowest BCUT2D eigenvalue weighted by atomic mass is 9.98. The van der Waals surface area contributed by atoms with Crippen LogP contribution < -0.4 is 0 Å². The maximum atomic E-state index is 12.2. The number of hydrogen-bond acceptors (Lipinski definition) is 4. The first-order valence-electron chi connectivity index (χ1n) is 6.99. The second kappa shape index (κ2) is 7.75. The lowest BCUT2D eigenvalue weighted by molar-refractivity contribution is -0.150. The molecule has 1 fully saturated rings. The molecule has 0 saturated carbocycles. The molecule has 0 bridgehead atoms. The molecular formula is C15H18BrNO3S. The van der Waals surface area contributed by atoms with Gasteiger partial charge in [0, 0.05) is 24.0 Å². The van der Waals surface area contributed by atoms with Crippen LogP contribution in [0, 0.1) is 5.92 Å². The minimum atomic E-state index is -0.193. The van der Waals surface area contributed by atoms with Crippen LogP contribution in [0.3, 0.4) is 0 Å². The summed E-state index contributed by atoms with van der Waals surface area (Å²) in [6.45, 7) is 3.34. The van der Waals surface area contributed by atoms with Gasteiger partial charge in [0.15, 0.2) is 0 Å². The molecule has 0 spiro atoms. The van der Waals surface area contributed by atoms with E-state index in [1.165, 1.54) is 0 Å². The van der Waals surface area contributed by atoms with Crippen LogP contribution in [0.1, 0.15) is 24.6 Å². The molecule has 21 heavy (non-hydrogen) atoms. The van der Waals surface area contributed by atoms with Crippen molar-refractivity contribution < 1.29 is 14.3 Å². The number of carbonyl (C=O) groups excluding carboxylic acids is 2. The summed E-state index contributed by atoms with van der Waals surface area (Å²) in [7, 11) is 0. The van der Waals surface area contributed by atoms with Gasteiger partial charge in [0.05, 0.1) is 16.3 Å². The predicted molar refractivity (Wildman–Crippen MR) is 87.0 cm³/mol. The Labute approximate surface area is 136 Å². The second-order valence-electron chi connectivity index (χ2n) is 4.85. The molecule has 0 N–H and O–H groups in total. The van der Waals surface area contributed by atoms with Crippen LogP contribution in [-0.4, -0.2) is 36.5 Å². The highest BCUT2D eigenvalue weighted by molar-refractivity contribution is 9.11. The first-order chi connectivity index (χ1) is 10.1. The Morgan fingerprint density at radius 1 is 1.52 bits per heavy atom. The van der Waals surface area contributed by atoms with E-state index in [9.17, 15) is 9.59 Å². The average molecular weight is 372 g/mol. The van der Waals surface area contributed by atoms with E-state index in [1.807, 2.05) is 18.2 Å². The topological polar surface area (TPSA) is 46.6 Å². The van der Waals surface area contributed by atoms with Gasteiger partial charge in [0.2, 0.25) is 5.91 Å². The zero-order valence-electron chi connectivity index (χ0n) is 11.9. The third-order valence-corrected chi connectivity index (χ3v) is 4.93. The number of ether oxygens (including phenoxy) is 1. The van der Waals surface area contributed by atoms with E-state index in [-0.39, 0.29) is 17.8 Å². The van der Waals surface area contributed by atoms with Gasteiger partial charge in [-0.2, -0.15) is 0 Å². The molecule has 1 aromatic rings. The highest BCUT2D eigenvalue weighted by atomic mass is 79.9. The standard InChI is InChI=1S/C15H18BrNO3S/c1-2-20-15(19)11-4-3-9-17(10-11)14(18)8-6-12-5-7-13(16)21-12/h5-8,11H,2-4,9-10H2,1H3. The molecule has 6 heteroatoms. The van der Waals surface area contributed by atoms with Crippen LogP contribution in [0.25, 0.3) is 6.08 Å². The van der Waals surface area contributed by atoms with Crippen molar-refractivity contribution in [1.82, 2.24) is 4.90 Å². The van der Waals surface area contributed by atoms with Crippen LogP contribution >= 0.6 is 27.3 Å². The van der Waals surface area contributed by atoms with Gasteiger partial charge in [-0.3, -0.25) is 9.59 Å². The first-order valence-corrected chi connectivity index (χ1v) is 8.60.